The van der Waals surface area contributed by atoms with E-state index in [0.717, 1.165) is 11.8 Å². The van der Waals surface area contributed by atoms with Gasteiger partial charge in [-0.3, -0.25) is 4.79 Å². The lowest BCUT2D eigenvalue weighted by atomic mass is 10.2. The second kappa shape index (κ2) is 7.48. The van der Waals surface area contributed by atoms with E-state index in [1.165, 1.54) is 31.2 Å². The summed E-state index contributed by atoms with van der Waals surface area (Å²) in [4.78, 5) is 24.3. The normalized spacial score (nSPS) is 12.3. The van der Waals surface area contributed by atoms with Crippen LogP contribution in [0.1, 0.15) is 22.8 Å². The van der Waals surface area contributed by atoms with Crippen LogP contribution in [0.3, 0.4) is 0 Å². The summed E-state index contributed by atoms with van der Waals surface area (Å²) in [7, 11) is -3.59. The van der Waals surface area contributed by atoms with Crippen molar-refractivity contribution >= 4 is 27.4 Å². The molecule has 0 aliphatic heterocycles. The number of hydrogen-bond donors (Lipinski definition) is 1. The molecule has 0 aliphatic carbocycles. The molecule has 0 saturated heterocycles. The number of ether oxygens (including phenoxy) is 1. The molecular formula is C18H19NO5S. The number of sulfone groups is 1. The van der Waals surface area contributed by atoms with Crippen molar-refractivity contribution in [2.75, 3.05) is 11.6 Å². The highest BCUT2D eigenvalue weighted by Crippen LogP contribution is 2.17. The van der Waals surface area contributed by atoms with E-state index in [1.807, 2.05) is 19.1 Å². The molecule has 0 radical (unpaired) electrons. The smallest absolute Gasteiger partial charge is 0.340 e. The van der Waals surface area contributed by atoms with Crippen LogP contribution < -0.4 is 5.32 Å². The number of carbonyl (C=O) groups excluding carboxylic acids is 2. The minimum absolute atomic E-state index is 0.0972. The number of benzene rings is 2. The third-order valence-electron chi connectivity index (χ3n) is 3.48. The number of carbonyl (C=O) groups is 2. The standard InChI is InChI=1S/C18H19NO5S/c1-12-8-10-14(11-9-12)19-17(20)13(2)24-18(21)15-6-4-5-7-16(15)25(3,22)23/h4-11,13H,1-3H3,(H,19,20)/t13-/m0/s1. The van der Waals surface area contributed by atoms with Crippen molar-refractivity contribution in [1.82, 2.24) is 0 Å². The van der Waals surface area contributed by atoms with Crippen LogP contribution in [-0.4, -0.2) is 32.7 Å². The summed E-state index contributed by atoms with van der Waals surface area (Å²) in [5.41, 5.74) is 1.53. The van der Waals surface area contributed by atoms with Crippen LogP contribution in [0.2, 0.25) is 0 Å². The van der Waals surface area contributed by atoms with Gasteiger partial charge in [0.05, 0.1) is 10.5 Å². The molecular weight excluding hydrogens is 342 g/mol. The number of nitrogens with one attached hydrogen (secondary N) is 1. The molecule has 1 atom stereocenters. The summed E-state index contributed by atoms with van der Waals surface area (Å²) in [6, 6.07) is 12.9. The molecule has 0 aromatic heterocycles. The van der Waals surface area contributed by atoms with Gasteiger partial charge in [-0.2, -0.15) is 0 Å². The molecule has 0 saturated carbocycles. The van der Waals surface area contributed by atoms with E-state index >= 15 is 0 Å². The molecule has 2 aromatic rings. The van der Waals surface area contributed by atoms with Crippen molar-refractivity contribution < 1.29 is 22.7 Å². The van der Waals surface area contributed by atoms with E-state index in [-0.39, 0.29) is 10.5 Å². The van der Waals surface area contributed by atoms with E-state index in [2.05, 4.69) is 5.32 Å². The molecule has 0 heterocycles. The van der Waals surface area contributed by atoms with Crippen LogP contribution in [0.5, 0.6) is 0 Å². The maximum atomic E-state index is 12.3. The van der Waals surface area contributed by atoms with Crippen molar-refractivity contribution in [2.24, 2.45) is 0 Å². The summed E-state index contributed by atoms with van der Waals surface area (Å²) in [6.45, 7) is 3.35. The molecule has 2 aromatic carbocycles. The Balaban J connectivity index is 2.10. The summed E-state index contributed by atoms with van der Waals surface area (Å²) in [6.07, 6.45) is -0.0754. The second-order valence-corrected chi connectivity index (χ2v) is 7.66. The first kappa shape index (κ1) is 18.7. The van der Waals surface area contributed by atoms with Gasteiger partial charge in [0.25, 0.3) is 5.91 Å². The van der Waals surface area contributed by atoms with Gasteiger partial charge in [0.15, 0.2) is 15.9 Å². The van der Waals surface area contributed by atoms with Crippen molar-refractivity contribution in [1.29, 1.82) is 0 Å². The lowest BCUT2D eigenvalue weighted by Gasteiger charge is -2.14. The van der Waals surface area contributed by atoms with Crippen LogP contribution in [0.4, 0.5) is 5.69 Å². The Morgan fingerprint density at radius 2 is 1.64 bits per heavy atom. The van der Waals surface area contributed by atoms with Crippen molar-refractivity contribution in [2.45, 2.75) is 24.8 Å². The van der Waals surface area contributed by atoms with Crippen molar-refractivity contribution in [3.05, 3.63) is 59.7 Å². The van der Waals surface area contributed by atoms with Gasteiger partial charge in [-0.15, -0.1) is 0 Å². The van der Waals surface area contributed by atoms with Gasteiger partial charge in [-0.25, -0.2) is 13.2 Å². The number of aryl methyl sites for hydroxylation is 1. The zero-order valence-corrected chi connectivity index (χ0v) is 15.0. The minimum Gasteiger partial charge on any atom is -0.449 e. The minimum atomic E-state index is -3.59. The molecule has 0 unspecified atom stereocenters. The first-order valence-electron chi connectivity index (χ1n) is 7.56. The van der Waals surface area contributed by atoms with Gasteiger partial charge in [-0.1, -0.05) is 29.8 Å². The molecule has 1 amide bonds. The Kier molecular flexibility index (Phi) is 5.58. The molecule has 7 heteroatoms. The van der Waals surface area contributed by atoms with Crippen LogP contribution in [0.15, 0.2) is 53.4 Å². The zero-order valence-electron chi connectivity index (χ0n) is 14.1. The van der Waals surface area contributed by atoms with Gasteiger partial charge in [0.1, 0.15) is 0 Å². The zero-order chi connectivity index (χ0) is 18.6. The summed E-state index contributed by atoms with van der Waals surface area (Å²) >= 11 is 0. The number of amides is 1. The number of anilines is 1. The molecule has 0 bridgehead atoms. The Hall–Kier alpha value is -2.67. The maximum absolute atomic E-state index is 12.3. The fraction of sp³-hybridized carbons (Fsp3) is 0.222. The van der Waals surface area contributed by atoms with E-state index in [0.29, 0.717) is 5.69 Å². The average Bonchev–Trinajstić information content (AvgIpc) is 2.56. The quantitative estimate of drug-likeness (QED) is 0.827. The Labute approximate surface area is 146 Å². The van der Waals surface area contributed by atoms with Crippen LogP contribution in [-0.2, 0) is 19.4 Å². The highest BCUT2D eigenvalue weighted by atomic mass is 32.2. The van der Waals surface area contributed by atoms with E-state index in [1.54, 1.807) is 12.1 Å². The molecule has 0 aliphatic rings. The molecule has 0 fully saturated rings. The summed E-state index contributed by atoms with van der Waals surface area (Å²) < 4.78 is 28.6. The molecule has 132 valence electrons. The first-order valence-corrected chi connectivity index (χ1v) is 9.45. The van der Waals surface area contributed by atoms with E-state index < -0.39 is 27.8 Å². The highest BCUT2D eigenvalue weighted by Gasteiger charge is 2.23. The SMILES string of the molecule is Cc1ccc(NC(=O)[C@H](C)OC(=O)c2ccccc2S(C)(=O)=O)cc1. The van der Waals surface area contributed by atoms with Crippen LogP contribution in [0, 0.1) is 6.92 Å². The molecule has 25 heavy (non-hydrogen) atoms. The van der Waals surface area contributed by atoms with Crippen molar-refractivity contribution in [3.63, 3.8) is 0 Å². The van der Waals surface area contributed by atoms with Gasteiger partial charge < -0.3 is 10.1 Å². The number of rotatable bonds is 5. The first-order chi connectivity index (χ1) is 11.7. The lowest BCUT2D eigenvalue weighted by molar-refractivity contribution is -0.123. The average molecular weight is 361 g/mol. The number of esters is 1. The van der Waals surface area contributed by atoms with Gasteiger partial charge in [-0.05, 0) is 38.1 Å². The predicted octanol–water partition coefficient (Wildman–Crippen LogP) is 2.58. The predicted molar refractivity (Wildman–Crippen MR) is 94.2 cm³/mol. The van der Waals surface area contributed by atoms with E-state index in [9.17, 15) is 18.0 Å². The largest absolute Gasteiger partial charge is 0.449 e. The lowest BCUT2D eigenvalue weighted by Crippen LogP contribution is -2.30. The van der Waals surface area contributed by atoms with Gasteiger partial charge in [0, 0.05) is 11.9 Å². The maximum Gasteiger partial charge on any atom is 0.340 e. The second-order valence-electron chi connectivity index (χ2n) is 5.67. The molecule has 6 nitrogen and oxygen atoms in total. The van der Waals surface area contributed by atoms with Gasteiger partial charge in [0.2, 0.25) is 0 Å². The Bertz CT molecular complexity index is 888. The van der Waals surface area contributed by atoms with Crippen molar-refractivity contribution in [3.8, 4) is 0 Å². The third-order valence-corrected chi connectivity index (χ3v) is 4.63. The summed E-state index contributed by atoms with van der Waals surface area (Å²) in [5, 5.41) is 2.64. The summed E-state index contributed by atoms with van der Waals surface area (Å²) in [5.74, 6) is -1.37. The fourth-order valence-corrected chi connectivity index (χ4v) is 2.99. The molecule has 1 N–H and O–H groups in total. The fourth-order valence-electron chi connectivity index (χ4n) is 2.12. The van der Waals surface area contributed by atoms with E-state index in [4.69, 9.17) is 4.74 Å². The number of hydrogen-bond acceptors (Lipinski definition) is 5. The highest BCUT2D eigenvalue weighted by molar-refractivity contribution is 7.90. The van der Waals surface area contributed by atoms with Gasteiger partial charge >= 0.3 is 5.97 Å². The van der Waals surface area contributed by atoms with Crippen LogP contribution in [0.25, 0.3) is 0 Å². The molecule has 0 spiro atoms. The molecule has 2 rings (SSSR count). The Morgan fingerprint density at radius 1 is 1.04 bits per heavy atom. The third kappa shape index (κ3) is 4.90. The monoisotopic (exact) mass is 361 g/mol. The topological polar surface area (TPSA) is 89.5 Å². The Morgan fingerprint density at radius 3 is 2.24 bits per heavy atom. The van der Waals surface area contributed by atoms with Crippen LogP contribution >= 0.6 is 0 Å².